The topological polar surface area (TPSA) is 121 Å². The Morgan fingerprint density at radius 2 is 2.07 bits per heavy atom. The van der Waals surface area contributed by atoms with Gasteiger partial charge in [0.05, 0.1) is 11.8 Å². The average molecular weight is 408 g/mol. The van der Waals surface area contributed by atoms with Crippen LogP contribution in [0.1, 0.15) is 58.2 Å². The molecule has 3 rings (SSSR count). The molecule has 9 nitrogen and oxygen atoms in total. The van der Waals surface area contributed by atoms with Gasteiger partial charge in [0.15, 0.2) is 0 Å². The highest BCUT2D eigenvalue weighted by molar-refractivity contribution is 5.90. The number of rotatable bonds is 6. The van der Waals surface area contributed by atoms with Crippen LogP contribution < -0.4 is 5.32 Å². The van der Waals surface area contributed by atoms with E-state index in [0.29, 0.717) is 6.42 Å². The van der Waals surface area contributed by atoms with E-state index in [9.17, 15) is 19.8 Å². The molecule has 0 radical (unpaired) electrons. The Bertz CT molecular complexity index is 747. The zero-order valence-electron chi connectivity index (χ0n) is 17.8. The van der Waals surface area contributed by atoms with E-state index in [1.807, 2.05) is 20.8 Å². The molecule has 0 spiro atoms. The van der Waals surface area contributed by atoms with Gasteiger partial charge in [-0.25, -0.2) is 4.68 Å². The number of nitrogens with zero attached hydrogens (tertiary/aromatic N) is 4. The fourth-order valence-electron chi connectivity index (χ4n) is 4.48. The highest BCUT2D eigenvalue weighted by atomic mass is 16.3. The number of nitrogens with one attached hydrogen (secondary N) is 1. The molecule has 162 valence electrons. The van der Waals surface area contributed by atoms with Gasteiger partial charge < -0.3 is 20.4 Å². The molecule has 9 heteroatoms. The summed E-state index contributed by atoms with van der Waals surface area (Å²) in [4.78, 5) is 27.2. The molecule has 29 heavy (non-hydrogen) atoms. The fraction of sp³-hybridized carbons (Fsp3) is 0.800. The number of carbonyl (C=O) groups excluding carboxylic acids is 2. The summed E-state index contributed by atoms with van der Waals surface area (Å²) in [6.45, 7) is 6.08. The Hall–Kier alpha value is -2.00. The van der Waals surface area contributed by atoms with E-state index in [4.69, 9.17) is 0 Å². The first-order chi connectivity index (χ1) is 13.6. The SMILES string of the molecule is CNC(=O)C1CC(O)CN1C(=O)[C@@H](n1cc(CC2(CO)CCC2)nn1)C(C)(C)C. The van der Waals surface area contributed by atoms with Crippen molar-refractivity contribution in [2.45, 2.75) is 71.1 Å². The summed E-state index contributed by atoms with van der Waals surface area (Å²) in [6, 6.07) is -1.35. The van der Waals surface area contributed by atoms with Crippen molar-refractivity contribution in [1.29, 1.82) is 0 Å². The minimum absolute atomic E-state index is 0.120. The molecule has 1 saturated carbocycles. The standard InChI is InChI=1S/C20H33N5O4/c1-19(2,3)16(18(29)24-11-14(27)8-15(24)17(28)21-4)25-10-13(22-23-25)9-20(12-26)6-5-7-20/h10,14-16,26-27H,5-9,11-12H2,1-4H3,(H,21,28)/t14?,15?,16-/m1/s1. The maximum Gasteiger partial charge on any atom is 0.248 e. The van der Waals surface area contributed by atoms with Crippen LogP contribution in [0.2, 0.25) is 0 Å². The van der Waals surface area contributed by atoms with Crippen LogP contribution in [0.3, 0.4) is 0 Å². The first-order valence-corrected chi connectivity index (χ1v) is 10.3. The lowest BCUT2D eigenvalue weighted by atomic mass is 9.67. The Morgan fingerprint density at radius 3 is 2.59 bits per heavy atom. The van der Waals surface area contributed by atoms with Gasteiger partial charge in [-0.3, -0.25) is 9.59 Å². The number of amides is 2. The van der Waals surface area contributed by atoms with E-state index < -0.39 is 23.6 Å². The van der Waals surface area contributed by atoms with Crippen molar-refractivity contribution in [3.05, 3.63) is 11.9 Å². The molecular formula is C20H33N5O4. The number of aliphatic hydroxyl groups excluding tert-OH is 2. The van der Waals surface area contributed by atoms with Gasteiger partial charge in [-0.1, -0.05) is 32.4 Å². The van der Waals surface area contributed by atoms with Crippen molar-refractivity contribution in [2.24, 2.45) is 10.8 Å². The molecule has 1 aliphatic heterocycles. The molecule has 3 N–H and O–H groups in total. The third kappa shape index (κ3) is 4.30. The third-order valence-corrected chi connectivity index (χ3v) is 6.29. The van der Waals surface area contributed by atoms with Crippen LogP contribution in [-0.2, 0) is 16.0 Å². The zero-order valence-corrected chi connectivity index (χ0v) is 17.8. The number of aliphatic hydroxyl groups is 2. The Labute approximate surface area is 171 Å². The predicted molar refractivity (Wildman–Crippen MR) is 106 cm³/mol. The molecule has 1 saturated heterocycles. The largest absolute Gasteiger partial charge is 0.396 e. The second-order valence-corrected chi connectivity index (χ2v) is 9.66. The maximum atomic E-state index is 13.5. The summed E-state index contributed by atoms with van der Waals surface area (Å²) < 4.78 is 1.58. The Kier molecular flexibility index (Phi) is 6.01. The summed E-state index contributed by atoms with van der Waals surface area (Å²) in [5, 5.41) is 30.9. The van der Waals surface area contributed by atoms with E-state index in [1.54, 1.807) is 10.9 Å². The average Bonchev–Trinajstić information content (AvgIpc) is 3.23. The van der Waals surface area contributed by atoms with Gasteiger partial charge in [-0.05, 0) is 23.7 Å². The third-order valence-electron chi connectivity index (χ3n) is 6.29. The van der Waals surface area contributed by atoms with Crippen LogP contribution >= 0.6 is 0 Å². The first-order valence-electron chi connectivity index (χ1n) is 10.3. The molecule has 2 heterocycles. The van der Waals surface area contributed by atoms with Gasteiger partial charge in [0.1, 0.15) is 12.1 Å². The lowest BCUT2D eigenvalue weighted by Gasteiger charge is -2.39. The molecule has 2 unspecified atom stereocenters. The molecule has 0 bridgehead atoms. The number of likely N-dealkylation sites (N-methyl/N-ethyl adjacent to an activating group) is 1. The number of hydrogen-bond acceptors (Lipinski definition) is 6. The Balaban J connectivity index is 1.85. The lowest BCUT2D eigenvalue weighted by molar-refractivity contribution is -0.144. The summed E-state index contributed by atoms with van der Waals surface area (Å²) in [6.07, 6.45) is 4.97. The maximum absolute atomic E-state index is 13.5. The number of β-amino-alcohol motifs (C(OH)–C–C–N with tert-alkyl or cyclic N) is 1. The lowest BCUT2D eigenvalue weighted by Crippen LogP contribution is -2.49. The van der Waals surface area contributed by atoms with Crippen LogP contribution in [0.5, 0.6) is 0 Å². The number of hydrogen-bond donors (Lipinski definition) is 3. The predicted octanol–water partition coefficient (Wildman–Crippen LogP) is 0.278. The molecule has 2 aliphatic rings. The second kappa shape index (κ2) is 8.02. The number of carbonyl (C=O) groups is 2. The van der Waals surface area contributed by atoms with Gasteiger partial charge in [-0.15, -0.1) is 5.10 Å². The van der Waals surface area contributed by atoms with Gasteiger partial charge in [0, 0.05) is 39.2 Å². The molecule has 2 amide bonds. The molecule has 0 aromatic carbocycles. The number of likely N-dealkylation sites (tertiary alicyclic amines) is 1. The molecule has 1 aromatic heterocycles. The zero-order chi connectivity index (χ0) is 21.4. The van der Waals surface area contributed by atoms with E-state index in [-0.39, 0.29) is 36.8 Å². The Morgan fingerprint density at radius 1 is 1.38 bits per heavy atom. The van der Waals surface area contributed by atoms with E-state index >= 15 is 0 Å². The second-order valence-electron chi connectivity index (χ2n) is 9.66. The van der Waals surface area contributed by atoms with E-state index in [1.165, 1.54) is 11.9 Å². The van der Waals surface area contributed by atoms with Crippen LogP contribution in [0.25, 0.3) is 0 Å². The van der Waals surface area contributed by atoms with Gasteiger partial charge in [0.25, 0.3) is 0 Å². The minimum Gasteiger partial charge on any atom is -0.396 e. The van der Waals surface area contributed by atoms with Crippen molar-refractivity contribution < 1.29 is 19.8 Å². The molecular weight excluding hydrogens is 374 g/mol. The highest BCUT2D eigenvalue weighted by Crippen LogP contribution is 2.43. The van der Waals surface area contributed by atoms with Gasteiger partial charge >= 0.3 is 0 Å². The van der Waals surface area contributed by atoms with Crippen LogP contribution in [-0.4, -0.2) is 74.3 Å². The van der Waals surface area contributed by atoms with Crippen molar-refractivity contribution in [3.8, 4) is 0 Å². The molecule has 2 fully saturated rings. The van der Waals surface area contributed by atoms with Crippen molar-refractivity contribution in [2.75, 3.05) is 20.2 Å². The summed E-state index contributed by atoms with van der Waals surface area (Å²) in [5.41, 5.74) is 0.157. The summed E-state index contributed by atoms with van der Waals surface area (Å²) >= 11 is 0. The van der Waals surface area contributed by atoms with E-state index in [0.717, 1.165) is 25.0 Å². The summed E-state index contributed by atoms with van der Waals surface area (Å²) in [5.74, 6) is -0.531. The molecule has 1 aliphatic carbocycles. The monoisotopic (exact) mass is 407 g/mol. The van der Waals surface area contributed by atoms with E-state index in [2.05, 4.69) is 15.6 Å². The normalized spacial score (nSPS) is 24.8. The van der Waals surface area contributed by atoms with Crippen LogP contribution in [0.15, 0.2) is 6.20 Å². The minimum atomic E-state index is -0.726. The molecule has 1 aromatic rings. The molecule has 3 atom stereocenters. The van der Waals surface area contributed by atoms with Crippen LogP contribution in [0.4, 0.5) is 0 Å². The fourth-order valence-corrected chi connectivity index (χ4v) is 4.48. The van der Waals surface area contributed by atoms with Crippen LogP contribution in [0, 0.1) is 10.8 Å². The highest BCUT2D eigenvalue weighted by Gasteiger charge is 2.45. The van der Waals surface area contributed by atoms with Crippen molar-refractivity contribution >= 4 is 11.8 Å². The smallest absolute Gasteiger partial charge is 0.248 e. The quantitative estimate of drug-likeness (QED) is 0.623. The summed E-state index contributed by atoms with van der Waals surface area (Å²) in [7, 11) is 1.53. The van der Waals surface area contributed by atoms with Gasteiger partial charge in [0.2, 0.25) is 11.8 Å². The number of aromatic nitrogens is 3. The van der Waals surface area contributed by atoms with Gasteiger partial charge in [-0.2, -0.15) is 0 Å². The van der Waals surface area contributed by atoms with Crippen molar-refractivity contribution in [1.82, 2.24) is 25.2 Å². The van der Waals surface area contributed by atoms with Crippen molar-refractivity contribution in [3.63, 3.8) is 0 Å². The first kappa shape index (κ1) is 21.7.